The predicted octanol–water partition coefficient (Wildman–Crippen LogP) is 7.44. The smallest absolute Gasteiger partial charge is 0.311 e. The van der Waals surface area contributed by atoms with Crippen LogP contribution in [0.3, 0.4) is 0 Å². The highest BCUT2D eigenvalue weighted by Gasteiger charge is 2.22. The van der Waals surface area contributed by atoms with Crippen LogP contribution in [0.4, 0.5) is 0 Å². The van der Waals surface area contributed by atoms with Gasteiger partial charge in [0.25, 0.3) is 0 Å². The first-order chi connectivity index (χ1) is 13.9. The van der Waals surface area contributed by atoms with Gasteiger partial charge in [-0.1, -0.05) is 73.4 Å². The molecule has 1 aromatic rings. The normalized spacial score (nSPS) is 16.3. The van der Waals surface area contributed by atoms with Gasteiger partial charge in [0, 0.05) is 0 Å². The van der Waals surface area contributed by atoms with Gasteiger partial charge in [0.2, 0.25) is 0 Å². The van der Waals surface area contributed by atoms with Crippen LogP contribution in [0.1, 0.15) is 84.1 Å². The number of unbranched alkanes of at least 4 members (excludes halogenated alkanes) is 1. The van der Waals surface area contributed by atoms with Crippen LogP contribution >= 0.6 is 0 Å². The molecule has 1 saturated carbocycles. The molecule has 0 atom stereocenters. The van der Waals surface area contributed by atoms with Crippen LogP contribution < -0.4 is 0 Å². The molecular weight excluding hydrogens is 356 g/mol. The van der Waals surface area contributed by atoms with E-state index < -0.39 is 5.41 Å². The van der Waals surface area contributed by atoms with E-state index in [2.05, 4.69) is 48.6 Å². The van der Waals surface area contributed by atoms with E-state index in [1.807, 2.05) is 20.8 Å². The molecule has 2 rings (SSSR count). The van der Waals surface area contributed by atoms with Crippen LogP contribution in [0.2, 0.25) is 0 Å². The third kappa shape index (κ3) is 9.96. The van der Waals surface area contributed by atoms with Crippen molar-refractivity contribution in [3.63, 3.8) is 0 Å². The zero-order valence-corrected chi connectivity index (χ0v) is 18.8. The van der Waals surface area contributed by atoms with Crippen molar-refractivity contribution in [3.05, 3.63) is 59.7 Å². The monoisotopic (exact) mass is 396 g/mol. The Kier molecular flexibility index (Phi) is 10.2. The lowest BCUT2D eigenvalue weighted by Gasteiger charge is -2.19. The summed E-state index contributed by atoms with van der Waals surface area (Å²) in [5, 5.41) is 0. The predicted molar refractivity (Wildman–Crippen MR) is 123 cm³/mol. The van der Waals surface area contributed by atoms with Gasteiger partial charge in [0.15, 0.2) is 0 Å². The molecule has 0 N–H and O–H groups in total. The first-order valence-electron chi connectivity index (χ1n) is 11.5. The Balaban J connectivity index is 1.80. The molecule has 0 aromatic heterocycles. The number of aryl methyl sites for hydroxylation is 1. The van der Waals surface area contributed by atoms with Crippen molar-refractivity contribution < 1.29 is 9.53 Å². The Labute approximate surface area is 178 Å². The average Bonchev–Trinajstić information content (AvgIpc) is 2.71. The van der Waals surface area contributed by atoms with Gasteiger partial charge in [-0.3, -0.25) is 4.79 Å². The van der Waals surface area contributed by atoms with E-state index in [0.717, 1.165) is 38.0 Å². The SMILES string of the molecule is CC(C)(C)C(=O)OCCCCC(/C=C/CCc1ccccc1)=C\C1CCCCC1. The number of hydrogen-bond donors (Lipinski definition) is 0. The van der Waals surface area contributed by atoms with Gasteiger partial charge < -0.3 is 4.74 Å². The molecular formula is C27H40O2. The molecule has 0 amide bonds. The lowest BCUT2D eigenvalue weighted by molar-refractivity contribution is -0.153. The van der Waals surface area contributed by atoms with Gasteiger partial charge in [0.05, 0.1) is 12.0 Å². The fourth-order valence-corrected chi connectivity index (χ4v) is 3.77. The summed E-state index contributed by atoms with van der Waals surface area (Å²) < 4.78 is 5.41. The number of ether oxygens (including phenoxy) is 1. The summed E-state index contributed by atoms with van der Waals surface area (Å²) in [6.45, 7) is 6.24. The maximum absolute atomic E-state index is 11.9. The fourth-order valence-electron chi connectivity index (χ4n) is 3.77. The van der Waals surface area contributed by atoms with Crippen molar-refractivity contribution in [2.45, 2.75) is 85.0 Å². The van der Waals surface area contributed by atoms with Crippen molar-refractivity contribution >= 4 is 5.97 Å². The minimum atomic E-state index is -0.409. The van der Waals surface area contributed by atoms with Crippen LogP contribution in [0.15, 0.2) is 54.1 Å². The lowest BCUT2D eigenvalue weighted by atomic mass is 9.87. The third-order valence-electron chi connectivity index (χ3n) is 5.58. The van der Waals surface area contributed by atoms with Crippen molar-refractivity contribution in [1.82, 2.24) is 0 Å². The maximum Gasteiger partial charge on any atom is 0.311 e. The zero-order valence-electron chi connectivity index (χ0n) is 18.8. The number of carbonyl (C=O) groups excluding carboxylic acids is 1. The summed E-state index contributed by atoms with van der Waals surface area (Å²) in [5.41, 5.74) is 2.45. The molecule has 1 aromatic carbocycles. The van der Waals surface area contributed by atoms with Gasteiger partial charge in [0.1, 0.15) is 0 Å². The highest BCUT2D eigenvalue weighted by atomic mass is 16.5. The summed E-state index contributed by atoms with van der Waals surface area (Å²) in [5.74, 6) is 0.646. The van der Waals surface area contributed by atoms with Crippen molar-refractivity contribution in [2.24, 2.45) is 11.3 Å². The topological polar surface area (TPSA) is 26.3 Å². The van der Waals surface area contributed by atoms with E-state index in [-0.39, 0.29) is 5.97 Å². The Hall–Kier alpha value is -1.83. The van der Waals surface area contributed by atoms with Gasteiger partial charge in [-0.15, -0.1) is 0 Å². The number of esters is 1. The molecule has 29 heavy (non-hydrogen) atoms. The number of benzene rings is 1. The van der Waals surface area contributed by atoms with Crippen LogP contribution in [-0.2, 0) is 16.0 Å². The second-order valence-corrected chi connectivity index (χ2v) is 9.41. The van der Waals surface area contributed by atoms with Crippen molar-refractivity contribution in [1.29, 1.82) is 0 Å². The molecule has 0 heterocycles. The fraction of sp³-hybridized carbons (Fsp3) is 0.593. The van der Waals surface area contributed by atoms with Gasteiger partial charge in [-0.25, -0.2) is 0 Å². The number of hydrogen-bond acceptors (Lipinski definition) is 2. The highest BCUT2D eigenvalue weighted by molar-refractivity contribution is 5.75. The summed E-state index contributed by atoms with van der Waals surface area (Å²) >= 11 is 0. The molecule has 2 heteroatoms. The lowest BCUT2D eigenvalue weighted by Crippen LogP contribution is -2.23. The molecule has 1 aliphatic carbocycles. The van der Waals surface area contributed by atoms with Crippen LogP contribution in [0.5, 0.6) is 0 Å². The zero-order chi connectivity index (χ0) is 21.0. The van der Waals surface area contributed by atoms with E-state index in [4.69, 9.17) is 4.74 Å². The second kappa shape index (κ2) is 12.7. The van der Waals surface area contributed by atoms with Gasteiger partial charge >= 0.3 is 5.97 Å². The molecule has 160 valence electrons. The van der Waals surface area contributed by atoms with Crippen molar-refractivity contribution in [3.8, 4) is 0 Å². The minimum absolute atomic E-state index is 0.101. The summed E-state index contributed by atoms with van der Waals surface area (Å²) in [7, 11) is 0. The second-order valence-electron chi connectivity index (χ2n) is 9.41. The number of allylic oxidation sites excluding steroid dienone is 4. The van der Waals surface area contributed by atoms with E-state index in [9.17, 15) is 4.79 Å². The standard InChI is InChI=1S/C27H40O2/c1-27(2,3)26(28)29-21-13-12-20-25(22-24-17-8-5-9-18-24)19-11-10-16-23-14-6-4-7-15-23/h4,6-7,11,14-15,19,22,24H,5,8-10,12-13,16-18,20-21H2,1-3H3/b19-11+,25-22-. The molecule has 0 bridgehead atoms. The quantitative estimate of drug-likeness (QED) is 0.233. The molecule has 2 nitrogen and oxygen atoms in total. The third-order valence-corrected chi connectivity index (χ3v) is 5.58. The summed E-state index contributed by atoms with van der Waals surface area (Å²) in [6, 6.07) is 10.7. The number of carbonyl (C=O) groups is 1. The first-order valence-corrected chi connectivity index (χ1v) is 11.5. The summed E-state index contributed by atoms with van der Waals surface area (Å²) in [6.07, 6.45) is 19.3. The molecule has 0 unspecified atom stereocenters. The molecule has 1 aliphatic rings. The maximum atomic E-state index is 11.9. The molecule has 1 fully saturated rings. The number of rotatable bonds is 10. The van der Waals surface area contributed by atoms with Gasteiger partial charge in [-0.05, 0) is 77.2 Å². The Morgan fingerprint density at radius 3 is 2.48 bits per heavy atom. The molecule has 0 radical (unpaired) electrons. The Bertz CT molecular complexity index is 643. The van der Waals surface area contributed by atoms with Crippen molar-refractivity contribution in [2.75, 3.05) is 6.61 Å². The molecule has 0 spiro atoms. The van der Waals surface area contributed by atoms with Crippen LogP contribution in [0, 0.1) is 11.3 Å². The first kappa shape index (κ1) is 23.4. The Morgan fingerprint density at radius 1 is 1.07 bits per heavy atom. The largest absolute Gasteiger partial charge is 0.465 e. The van der Waals surface area contributed by atoms with Crippen LogP contribution in [-0.4, -0.2) is 12.6 Å². The van der Waals surface area contributed by atoms with E-state index in [0.29, 0.717) is 6.61 Å². The van der Waals surface area contributed by atoms with E-state index >= 15 is 0 Å². The van der Waals surface area contributed by atoms with E-state index in [1.165, 1.54) is 43.2 Å². The average molecular weight is 397 g/mol. The van der Waals surface area contributed by atoms with Crippen LogP contribution in [0.25, 0.3) is 0 Å². The molecule has 0 aliphatic heterocycles. The van der Waals surface area contributed by atoms with E-state index in [1.54, 1.807) is 0 Å². The minimum Gasteiger partial charge on any atom is -0.465 e. The Morgan fingerprint density at radius 2 is 1.79 bits per heavy atom. The molecule has 0 saturated heterocycles. The van der Waals surface area contributed by atoms with Gasteiger partial charge in [-0.2, -0.15) is 0 Å². The highest BCUT2D eigenvalue weighted by Crippen LogP contribution is 2.27. The summed E-state index contributed by atoms with van der Waals surface area (Å²) in [4.78, 5) is 11.9.